The van der Waals surface area contributed by atoms with Crippen LogP contribution < -0.4 is 0 Å². The van der Waals surface area contributed by atoms with Crippen molar-refractivity contribution in [3.05, 3.63) is 35.1 Å². The molecule has 1 rings (SSSR count). The Morgan fingerprint density at radius 1 is 1.47 bits per heavy atom. The number of halogens is 1. The lowest BCUT2D eigenvalue weighted by Crippen LogP contribution is -2.30. The number of rotatable bonds is 6. The topological polar surface area (TPSA) is 40.5 Å². The second-order valence-corrected chi connectivity index (χ2v) is 4.18. The van der Waals surface area contributed by atoms with Crippen molar-refractivity contribution in [3.8, 4) is 0 Å². The average Bonchev–Trinajstić information content (AvgIpc) is 2.21. The first-order chi connectivity index (χ1) is 8.02. The zero-order valence-electron chi connectivity index (χ0n) is 10.2. The van der Waals surface area contributed by atoms with Crippen molar-refractivity contribution in [2.24, 2.45) is 0 Å². The molecule has 1 aromatic carbocycles. The number of nitrogens with zero attached hydrogens (tertiary/aromatic N) is 1. The van der Waals surface area contributed by atoms with Crippen LogP contribution in [0.5, 0.6) is 0 Å². The highest BCUT2D eigenvalue weighted by Crippen LogP contribution is 2.13. The first-order valence-electron chi connectivity index (χ1n) is 5.72. The van der Waals surface area contributed by atoms with Crippen LogP contribution in [0, 0.1) is 12.7 Å². The molecule has 0 radical (unpaired) electrons. The van der Waals surface area contributed by atoms with Gasteiger partial charge in [-0.25, -0.2) is 4.39 Å². The quantitative estimate of drug-likeness (QED) is 0.828. The van der Waals surface area contributed by atoms with E-state index in [-0.39, 0.29) is 12.4 Å². The molecule has 0 saturated carbocycles. The second kappa shape index (κ2) is 6.35. The van der Waals surface area contributed by atoms with Crippen LogP contribution in [0.3, 0.4) is 0 Å². The van der Waals surface area contributed by atoms with Gasteiger partial charge in [0.05, 0.1) is 6.54 Å². The van der Waals surface area contributed by atoms with Crippen LogP contribution in [0.1, 0.15) is 24.5 Å². The standard InChI is InChI=1S/C13H18FNO2/c1-3-6-15(9-13(16)17)8-11-4-5-12(14)7-10(11)2/h4-5,7H,3,6,8-9H2,1-2H3,(H,16,17). The Morgan fingerprint density at radius 2 is 2.18 bits per heavy atom. The third kappa shape index (κ3) is 4.53. The summed E-state index contributed by atoms with van der Waals surface area (Å²) >= 11 is 0. The maximum absolute atomic E-state index is 12.9. The fourth-order valence-electron chi connectivity index (χ4n) is 1.80. The molecule has 0 spiro atoms. The van der Waals surface area contributed by atoms with Crippen molar-refractivity contribution in [2.75, 3.05) is 13.1 Å². The van der Waals surface area contributed by atoms with Crippen LogP contribution in [0.15, 0.2) is 18.2 Å². The van der Waals surface area contributed by atoms with Crippen molar-refractivity contribution >= 4 is 5.97 Å². The van der Waals surface area contributed by atoms with Crippen LogP contribution in [0.2, 0.25) is 0 Å². The first-order valence-corrected chi connectivity index (χ1v) is 5.72. The number of benzene rings is 1. The zero-order chi connectivity index (χ0) is 12.8. The molecule has 0 atom stereocenters. The Kier molecular flexibility index (Phi) is 5.10. The van der Waals surface area contributed by atoms with E-state index < -0.39 is 5.97 Å². The number of aliphatic carboxylic acids is 1. The van der Waals surface area contributed by atoms with Crippen LogP contribution in [0.25, 0.3) is 0 Å². The van der Waals surface area contributed by atoms with Gasteiger partial charge in [-0.15, -0.1) is 0 Å². The van der Waals surface area contributed by atoms with Gasteiger partial charge < -0.3 is 5.11 Å². The maximum atomic E-state index is 12.9. The highest BCUT2D eigenvalue weighted by Gasteiger charge is 2.10. The van der Waals surface area contributed by atoms with E-state index in [1.807, 2.05) is 18.7 Å². The van der Waals surface area contributed by atoms with Gasteiger partial charge in [0, 0.05) is 6.54 Å². The zero-order valence-corrected chi connectivity index (χ0v) is 10.2. The minimum Gasteiger partial charge on any atom is -0.480 e. The van der Waals surface area contributed by atoms with Crippen molar-refractivity contribution in [3.63, 3.8) is 0 Å². The van der Waals surface area contributed by atoms with Gasteiger partial charge in [0.2, 0.25) is 0 Å². The summed E-state index contributed by atoms with van der Waals surface area (Å²) in [4.78, 5) is 12.6. The summed E-state index contributed by atoms with van der Waals surface area (Å²) < 4.78 is 12.9. The molecule has 94 valence electrons. The number of aryl methyl sites for hydroxylation is 1. The molecule has 0 heterocycles. The second-order valence-electron chi connectivity index (χ2n) is 4.18. The fraction of sp³-hybridized carbons (Fsp3) is 0.462. The van der Waals surface area contributed by atoms with E-state index in [9.17, 15) is 9.18 Å². The van der Waals surface area contributed by atoms with Gasteiger partial charge in [0.15, 0.2) is 0 Å². The molecule has 1 aromatic rings. The molecule has 1 N–H and O–H groups in total. The monoisotopic (exact) mass is 239 g/mol. The molecule has 0 aliphatic heterocycles. The molecular formula is C13H18FNO2. The highest BCUT2D eigenvalue weighted by atomic mass is 19.1. The van der Waals surface area contributed by atoms with E-state index in [1.165, 1.54) is 12.1 Å². The van der Waals surface area contributed by atoms with E-state index in [0.717, 1.165) is 24.1 Å². The predicted octanol–water partition coefficient (Wildman–Crippen LogP) is 2.43. The predicted molar refractivity (Wildman–Crippen MR) is 64.3 cm³/mol. The van der Waals surface area contributed by atoms with Crippen LogP contribution in [0.4, 0.5) is 4.39 Å². The minimum atomic E-state index is -0.835. The maximum Gasteiger partial charge on any atom is 0.317 e. The van der Waals surface area contributed by atoms with Crippen LogP contribution in [-0.2, 0) is 11.3 Å². The molecule has 0 aliphatic carbocycles. The molecule has 3 nitrogen and oxygen atoms in total. The molecule has 0 unspecified atom stereocenters. The average molecular weight is 239 g/mol. The van der Waals surface area contributed by atoms with Crippen molar-refractivity contribution < 1.29 is 14.3 Å². The van der Waals surface area contributed by atoms with Gasteiger partial charge in [-0.2, -0.15) is 0 Å². The summed E-state index contributed by atoms with van der Waals surface area (Å²) in [5.41, 5.74) is 1.83. The van der Waals surface area contributed by atoms with Crippen molar-refractivity contribution in [1.29, 1.82) is 0 Å². The molecule has 0 saturated heterocycles. The molecule has 0 aliphatic rings. The summed E-state index contributed by atoms with van der Waals surface area (Å²) in [7, 11) is 0. The first kappa shape index (κ1) is 13.6. The van der Waals surface area contributed by atoms with E-state index in [4.69, 9.17) is 5.11 Å². The van der Waals surface area contributed by atoms with Crippen molar-refractivity contribution in [2.45, 2.75) is 26.8 Å². The van der Waals surface area contributed by atoms with Gasteiger partial charge in [-0.05, 0) is 43.1 Å². The molecule has 0 aromatic heterocycles. The Morgan fingerprint density at radius 3 is 2.71 bits per heavy atom. The van der Waals surface area contributed by atoms with Gasteiger partial charge in [-0.3, -0.25) is 9.69 Å². The summed E-state index contributed by atoms with van der Waals surface area (Å²) in [6.07, 6.45) is 0.896. The summed E-state index contributed by atoms with van der Waals surface area (Å²) in [5.74, 6) is -1.09. The lowest BCUT2D eigenvalue weighted by atomic mass is 10.1. The van der Waals surface area contributed by atoms with Crippen LogP contribution in [-0.4, -0.2) is 29.1 Å². The lowest BCUT2D eigenvalue weighted by molar-refractivity contribution is -0.138. The molecule has 0 amide bonds. The minimum absolute atomic E-state index is 0.0185. The number of carboxylic acid groups (broad SMARTS) is 1. The summed E-state index contributed by atoms with van der Waals surface area (Å²) in [5, 5.41) is 8.80. The van der Waals surface area contributed by atoms with Gasteiger partial charge in [0.25, 0.3) is 0 Å². The lowest BCUT2D eigenvalue weighted by Gasteiger charge is -2.20. The Hall–Kier alpha value is -1.42. The highest BCUT2D eigenvalue weighted by molar-refractivity contribution is 5.69. The largest absolute Gasteiger partial charge is 0.480 e. The van der Waals surface area contributed by atoms with Gasteiger partial charge in [-0.1, -0.05) is 13.0 Å². The number of hydrogen-bond acceptors (Lipinski definition) is 2. The van der Waals surface area contributed by atoms with E-state index in [1.54, 1.807) is 6.07 Å². The molecular weight excluding hydrogens is 221 g/mol. The molecule has 17 heavy (non-hydrogen) atoms. The number of hydrogen-bond donors (Lipinski definition) is 1. The fourth-order valence-corrected chi connectivity index (χ4v) is 1.80. The molecule has 4 heteroatoms. The van der Waals surface area contributed by atoms with Gasteiger partial charge in [0.1, 0.15) is 5.82 Å². The smallest absolute Gasteiger partial charge is 0.317 e. The van der Waals surface area contributed by atoms with E-state index in [0.29, 0.717) is 6.54 Å². The SMILES string of the molecule is CCCN(CC(=O)O)Cc1ccc(F)cc1C. The normalized spacial score (nSPS) is 10.8. The van der Waals surface area contributed by atoms with Gasteiger partial charge >= 0.3 is 5.97 Å². The summed E-state index contributed by atoms with van der Waals surface area (Å²) in [6, 6.07) is 4.60. The van der Waals surface area contributed by atoms with Crippen LogP contribution >= 0.6 is 0 Å². The van der Waals surface area contributed by atoms with E-state index in [2.05, 4.69) is 0 Å². The number of carbonyl (C=O) groups is 1. The Balaban J connectivity index is 2.74. The summed E-state index contributed by atoms with van der Waals surface area (Å²) in [6.45, 7) is 5.13. The molecule has 0 bridgehead atoms. The number of carboxylic acids is 1. The van der Waals surface area contributed by atoms with E-state index >= 15 is 0 Å². The Bertz CT molecular complexity index is 393. The third-order valence-electron chi connectivity index (χ3n) is 2.60. The molecule has 0 fully saturated rings. The third-order valence-corrected chi connectivity index (χ3v) is 2.60. The van der Waals surface area contributed by atoms with Crippen molar-refractivity contribution in [1.82, 2.24) is 4.90 Å². The Labute approximate surface area is 101 Å².